The monoisotopic (exact) mass is 285 g/mol. The number of likely N-dealkylation sites (N-methyl/N-ethyl adjacent to an activating group) is 1. The maximum absolute atomic E-state index is 12.4. The lowest BCUT2D eigenvalue weighted by molar-refractivity contribution is -0.137. The van der Waals surface area contributed by atoms with Gasteiger partial charge in [0.25, 0.3) is 0 Å². The average molecular weight is 285 g/mol. The minimum absolute atomic E-state index is 0.227. The summed E-state index contributed by atoms with van der Waals surface area (Å²) < 4.78 is 42.7. The molecule has 4 nitrogen and oxygen atoms in total. The van der Waals surface area contributed by atoms with Crippen LogP contribution in [0.25, 0.3) is 11.5 Å². The highest BCUT2D eigenvalue weighted by atomic mass is 19.4. The number of hydrogen-bond acceptors (Lipinski definition) is 4. The quantitative estimate of drug-likeness (QED) is 0.858. The molecule has 0 unspecified atom stereocenters. The highest BCUT2D eigenvalue weighted by Gasteiger charge is 2.30. The van der Waals surface area contributed by atoms with Gasteiger partial charge in [-0.3, -0.25) is 0 Å². The third-order valence-electron chi connectivity index (χ3n) is 2.69. The molecular formula is C13H14F3N3O. The Morgan fingerprint density at radius 1 is 1.15 bits per heavy atom. The Labute approximate surface area is 114 Å². The lowest BCUT2D eigenvalue weighted by atomic mass is 10.1. The molecule has 0 atom stereocenters. The van der Waals surface area contributed by atoms with E-state index in [4.69, 9.17) is 4.42 Å². The van der Waals surface area contributed by atoms with E-state index in [2.05, 4.69) is 15.5 Å². The standard InChI is InChI=1S/C13H14F3N3O/c1-2-17-8-7-11-18-19-12(20-11)9-3-5-10(6-4-9)13(14,15)16/h3-6,17H,2,7-8H2,1H3. The van der Waals surface area contributed by atoms with Crippen LogP contribution in [-0.2, 0) is 12.6 Å². The van der Waals surface area contributed by atoms with Crippen LogP contribution in [0.2, 0.25) is 0 Å². The normalized spacial score (nSPS) is 11.8. The topological polar surface area (TPSA) is 51.0 Å². The zero-order valence-electron chi connectivity index (χ0n) is 10.9. The lowest BCUT2D eigenvalue weighted by Gasteiger charge is -2.05. The van der Waals surface area contributed by atoms with E-state index >= 15 is 0 Å². The van der Waals surface area contributed by atoms with E-state index in [0.717, 1.165) is 18.7 Å². The van der Waals surface area contributed by atoms with Gasteiger partial charge in [-0.15, -0.1) is 10.2 Å². The molecule has 0 amide bonds. The Hall–Kier alpha value is -1.89. The van der Waals surface area contributed by atoms with Crippen molar-refractivity contribution in [2.75, 3.05) is 13.1 Å². The summed E-state index contributed by atoms with van der Waals surface area (Å²) in [5.74, 6) is 0.686. The molecule has 0 saturated carbocycles. The molecule has 0 bridgehead atoms. The van der Waals surface area contributed by atoms with Crippen LogP contribution < -0.4 is 5.32 Å². The smallest absolute Gasteiger partial charge is 0.416 e. The SMILES string of the molecule is CCNCCc1nnc(-c2ccc(C(F)(F)F)cc2)o1. The molecule has 2 aromatic rings. The molecule has 0 aliphatic rings. The van der Waals surface area contributed by atoms with Crippen molar-refractivity contribution in [3.63, 3.8) is 0 Å². The van der Waals surface area contributed by atoms with E-state index in [1.807, 2.05) is 6.92 Å². The molecule has 1 heterocycles. The molecule has 2 rings (SSSR count). The molecule has 0 aliphatic carbocycles. The molecule has 0 radical (unpaired) electrons. The van der Waals surface area contributed by atoms with Crippen LogP contribution in [0.1, 0.15) is 18.4 Å². The van der Waals surface area contributed by atoms with Crippen molar-refractivity contribution in [3.05, 3.63) is 35.7 Å². The molecule has 0 saturated heterocycles. The summed E-state index contributed by atoms with van der Waals surface area (Å²) >= 11 is 0. The molecule has 7 heteroatoms. The van der Waals surface area contributed by atoms with Crippen molar-refractivity contribution in [2.24, 2.45) is 0 Å². The molecule has 0 spiro atoms. The Bertz CT molecular complexity index is 549. The predicted octanol–water partition coefficient (Wildman–Crippen LogP) is 2.91. The van der Waals surface area contributed by atoms with Crippen molar-refractivity contribution in [3.8, 4) is 11.5 Å². The summed E-state index contributed by atoms with van der Waals surface area (Å²) in [5, 5.41) is 10.8. The summed E-state index contributed by atoms with van der Waals surface area (Å²) in [6.07, 6.45) is -3.76. The third kappa shape index (κ3) is 3.57. The van der Waals surface area contributed by atoms with Gasteiger partial charge in [0, 0.05) is 18.5 Å². The zero-order chi connectivity index (χ0) is 14.6. The van der Waals surface area contributed by atoms with Gasteiger partial charge in [-0.25, -0.2) is 0 Å². The summed E-state index contributed by atoms with van der Waals surface area (Å²) in [6.45, 7) is 3.55. The van der Waals surface area contributed by atoms with Crippen LogP contribution in [0.5, 0.6) is 0 Å². The van der Waals surface area contributed by atoms with Crippen molar-refractivity contribution in [1.82, 2.24) is 15.5 Å². The molecule has 20 heavy (non-hydrogen) atoms. The second kappa shape index (κ2) is 6.04. The van der Waals surface area contributed by atoms with Gasteiger partial charge in [-0.1, -0.05) is 6.92 Å². The van der Waals surface area contributed by atoms with Crippen LogP contribution >= 0.6 is 0 Å². The summed E-state index contributed by atoms with van der Waals surface area (Å²) in [5.41, 5.74) is -0.228. The molecular weight excluding hydrogens is 271 g/mol. The van der Waals surface area contributed by atoms with E-state index < -0.39 is 11.7 Å². The number of aromatic nitrogens is 2. The van der Waals surface area contributed by atoms with Gasteiger partial charge in [0.15, 0.2) is 0 Å². The van der Waals surface area contributed by atoms with Crippen LogP contribution in [0, 0.1) is 0 Å². The number of alkyl halides is 3. The van der Waals surface area contributed by atoms with Crippen molar-refractivity contribution >= 4 is 0 Å². The first-order chi connectivity index (χ1) is 9.50. The number of rotatable bonds is 5. The summed E-state index contributed by atoms with van der Waals surface area (Å²) in [6, 6.07) is 4.64. The van der Waals surface area contributed by atoms with E-state index in [9.17, 15) is 13.2 Å². The molecule has 0 aliphatic heterocycles. The number of hydrogen-bond donors (Lipinski definition) is 1. The largest absolute Gasteiger partial charge is 0.421 e. The average Bonchev–Trinajstić information content (AvgIpc) is 2.87. The predicted molar refractivity (Wildman–Crippen MR) is 67.0 cm³/mol. The van der Waals surface area contributed by atoms with E-state index in [1.54, 1.807) is 0 Å². The van der Waals surface area contributed by atoms with E-state index in [-0.39, 0.29) is 5.89 Å². The maximum atomic E-state index is 12.4. The van der Waals surface area contributed by atoms with Gasteiger partial charge in [-0.2, -0.15) is 13.2 Å². The molecule has 1 N–H and O–H groups in total. The number of halogens is 3. The minimum atomic E-state index is -4.34. The molecule has 1 aromatic carbocycles. The fraction of sp³-hybridized carbons (Fsp3) is 0.385. The van der Waals surface area contributed by atoms with Crippen molar-refractivity contribution < 1.29 is 17.6 Å². The molecule has 1 aromatic heterocycles. The number of nitrogens with one attached hydrogen (secondary N) is 1. The first kappa shape index (κ1) is 14.5. The Morgan fingerprint density at radius 3 is 2.45 bits per heavy atom. The number of nitrogens with zero attached hydrogens (tertiary/aromatic N) is 2. The minimum Gasteiger partial charge on any atom is -0.421 e. The number of benzene rings is 1. The Kier molecular flexibility index (Phi) is 4.39. The van der Waals surface area contributed by atoms with E-state index in [0.29, 0.717) is 24.4 Å². The van der Waals surface area contributed by atoms with Crippen LogP contribution in [0.15, 0.2) is 28.7 Å². The highest BCUT2D eigenvalue weighted by molar-refractivity contribution is 5.53. The van der Waals surface area contributed by atoms with Gasteiger partial charge in [0.05, 0.1) is 5.56 Å². The Morgan fingerprint density at radius 2 is 1.85 bits per heavy atom. The van der Waals surface area contributed by atoms with Crippen LogP contribution in [0.4, 0.5) is 13.2 Å². The lowest BCUT2D eigenvalue weighted by Crippen LogP contribution is -2.16. The van der Waals surface area contributed by atoms with Crippen LogP contribution in [-0.4, -0.2) is 23.3 Å². The molecule has 0 fully saturated rings. The third-order valence-corrected chi connectivity index (χ3v) is 2.69. The van der Waals surface area contributed by atoms with Gasteiger partial charge in [-0.05, 0) is 30.8 Å². The first-order valence-electron chi connectivity index (χ1n) is 6.21. The summed E-state index contributed by atoms with van der Waals surface area (Å²) in [7, 11) is 0. The van der Waals surface area contributed by atoms with E-state index in [1.165, 1.54) is 12.1 Å². The zero-order valence-corrected chi connectivity index (χ0v) is 10.9. The Balaban J connectivity index is 2.08. The maximum Gasteiger partial charge on any atom is 0.416 e. The second-order valence-electron chi connectivity index (χ2n) is 4.18. The fourth-order valence-corrected chi connectivity index (χ4v) is 1.65. The van der Waals surface area contributed by atoms with Crippen molar-refractivity contribution in [1.29, 1.82) is 0 Å². The van der Waals surface area contributed by atoms with Crippen LogP contribution in [0.3, 0.4) is 0 Å². The molecule has 108 valence electrons. The highest BCUT2D eigenvalue weighted by Crippen LogP contribution is 2.30. The van der Waals surface area contributed by atoms with Crippen molar-refractivity contribution in [2.45, 2.75) is 19.5 Å². The van der Waals surface area contributed by atoms with Gasteiger partial charge < -0.3 is 9.73 Å². The first-order valence-corrected chi connectivity index (χ1v) is 6.21. The fourth-order valence-electron chi connectivity index (χ4n) is 1.65. The van der Waals surface area contributed by atoms with Gasteiger partial charge in [0.1, 0.15) is 0 Å². The second-order valence-corrected chi connectivity index (χ2v) is 4.18. The van der Waals surface area contributed by atoms with Gasteiger partial charge in [0.2, 0.25) is 11.8 Å². The summed E-state index contributed by atoms with van der Waals surface area (Å²) in [4.78, 5) is 0. The van der Waals surface area contributed by atoms with Gasteiger partial charge >= 0.3 is 6.18 Å².